The Morgan fingerprint density at radius 2 is 1.88 bits per heavy atom. The van der Waals surface area contributed by atoms with Gasteiger partial charge < -0.3 is 29.3 Å². The molecule has 6 rings (SSSR count). The van der Waals surface area contributed by atoms with Crippen molar-refractivity contribution in [2.45, 2.75) is 37.8 Å². The van der Waals surface area contributed by atoms with Crippen LogP contribution in [0.3, 0.4) is 0 Å². The summed E-state index contributed by atoms with van der Waals surface area (Å²) in [5.74, 6) is 1.45. The number of carbonyl (C=O) groups is 1. The van der Waals surface area contributed by atoms with Gasteiger partial charge in [0.1, 0.15) is 24.8 Å². The number of hydrogen-bond acceptors (Lipinski definition) is 8. The van der Waals surface area contributed by atoms with E-state index in [4.69, 9.17) is 14.2 Å². The number of halogens is 1. The minimum Gasteiger partial charge on any atom is -0.484 e. The molecule has 1 aromatic carbocycles. The Morgan fingerprint density at radius 3 is 2.76 bits per heavy atom. The third-order valence-corrected chi connectivity index (χ3v) is 7.15. The molecule has 4 aliphatic rings. The van der Waals surface area contributed by atoms with E-state index in [1.165, 1.54) is 6.07 Å². The molecule has 9 nitrogen and oxygen atoms in total. The normalized spacial score (nSPS) is 22.3. The molecule has 1 aromatic heterocycles. The number of aromatic nitrogens is 2. The first-order valence-electron chi connectivity index (χ1n) is 12.0. The van der Waals surface area contributed by atoms with Gasteiger partial charge >= 0.3 is 0 Å². The van der Waals surface area contributed by atoms with E-state index in [9.17, 15) is 9.18 Å². The lowest BCUT2D eigenvalue weighted by Crippen LogP contribution is -2.46. The maximum atomic E-state index is 14.9. The molecule has 34 heavy (non-hydrogen) atoms. The van der Waals surface area contributed by atoms with E-state index in [0.717, 1.165) is 44.6 Å². The van der Waals surface area contributed by atoms with Crippen LogP contribution in [0.4, 0.5) is 10.1 Å². The Hall–Kier alpha value is -2.98. The molecule has 180 valence electrons. The molecule has 0 saturated carbocycles. The summed E-state index contributed by atoms with van der Waals surface area (Å²) in [6.45, 7) is 4.97. The number of likely N-dealkylation sites (tertiary alicyclic amines) is 1. The minimum atomic E-state index is -0.246. The van der Waals surface area contributed by atoms with Crippen LogP contribution in [0.2, 0.25) is 0 Å². The molecule has 5 heterocycles. The van der Waals surface area contributed by atoms with E-state index in [1.807, 2.05) is 6.07 Å². The van der Waals surface area contributed by atoms with Crippen molar-refractivity contribution in [1.29, 1.82) is 0 Å². The summed E-state index contributed by atoms with van der Waals surface area (Å²) in [6.07, 6.45) is 2.78. The number of nitrogens with one attached hydrogen (secondary N) is 1. The maximum absolute atomic E-state index is 14.9. The van der Waals surface area contributed by atoms with Crippen LogP contribution in [-0.2, 0) is 11.3 Å². The fourth-order valence-electron chi connectivity index (χ4n) is 5.40. The number of rotatable bonds is 5. The van der Waals surface area contributed by atoms with Gasteiger partial charge in [-0.3, -0.25) is 4.79 Å². The highest BCUT2D eigenvalue weighted by atomic mass is 19.1. The van der Waals surface area contributed by atoms with Gasteiger partial charge in [-0.15, -0.1) is 5.10 Å². The van der Waals surface area contributed by atoms with Crippen molar-refractivity contribution in [1.82, 2.24) is 20.4 Å². The zero-order valence-corrected chi connectivity index (χ0v) is 19.0. The Balaban J connectivity index is 1.05. The first kappa shape index (κ1) is 21.5. The van der Waals surface area contributed by atoms with Crippen LogP contribution in [0.25, 0.3) is 0 Å². The van der Waals surface area contributed by atoms with Crippen LogP contribution in [0.5, 0.6) is 17.4 Å². The summed E-state index contributed by atoms with van der Waals surface area (Å²) in [5.41, 5.74) is 2.11. The van der Waals surface area contributed by atoms with Gasteiger partial charge in [0.25, 0.3) is 11.8 Å². The first-order valence-corrected chi connectivity index (χ1v) is 12.0. The van der Waals surface area contributed by atoms with Gasteiger partial charge in [-0.05, 0) is 44.5 Å². The Labute approximate surface area is 197 Å². The van der Waals surface area contributed by atoms with Crippen LogP contribution < -0.4 is 24.4 Å². The molecule has 1 fully saturated rings. The Bertz CT molecular complexity index is 1090. The van der Waals surface area contributed by atoms with E-state index < -0.39 is 0 Å². The lowest BCUT2D eigenvalue weighted by atomic mass is 9.87. The smallest absolute Gasteiger partial charge is 0.276 e. The zero-order valence-electron chi connectivity index (χ0n) is 19.0. The van der Waals surface area contributed by atoms with Crippen LogP contribution >= 0.6 is 0 Å². The first-order chi connectivity index (χ1) is 16.7. The second kappa shape index (κ2) is 8.99. The molecule has 1 unspecified atom stereocenters. The average Bonchev–Trinajstić information content (AvgIpc) is 2.87. The number of fused-ring (bicyclic) bond motifs is 1. The molecule has 1 atom stereocenters. The number of hydrogen-bond donors (Lipinski definition) is 1. The zero-order chi connectivity index (χ0) is 23.1. The summed E-state index contributed by atoms with van der Waals surface area (Å²) in [5, 5.41) is 11.9. The molecule has 1 N–H and O–H groups in total. The lowest BCUT2D eigenvalue weighted by Gasteiger charge is -2.41. The highest BCUT2D eigenvalue weighted by Gasteiger charge is 2.37. The quantitative estimate of drug-likeness (QED) is 0.710. The predicted octanol–water partition coefficient (Wildman–Crippen LogP) is 1.85. The van der Waals surface area contributed by atoms with Gasteiger partial charge in [0.15, 0.2) is 12.4 Å². The van der Waals surface area contributed by atoms with Crippen LogP contribution in [-0.4, -0.2) is 73.0 Å². The van der Waals surface area contributed by atoms with E-state index in [1.54, 1.807) is 11.0 Å². The molecule has 0 spiro atoms. The summed E-state index contributed by atoms with van der Waals surface area (Å²) in [7, 11) is 0. The molecule has 10 heteroatoms. The van der Waals surface area contributed by atoms with Crippen molar-refractivity contribution < 1.29 is 23.4 Å². The molecule has 0 radical (unpaired) electrons. The van der Waals surface area contributed by atoms with Crippen LogP contribution in [0.1, 0.15) is 36.4 Å². The minimum absolute atomic E-state index is 0.0289. The summed E-state index contributed by atoms with van der Waals surface area (Å²) in [6, 6.07) is 5.39. The van der Waals surface area contributed by atoms with Gasteiger partial charge in [0.05, 0.1) is 11.4 Å². The predicted molar refractivity (Wildman–Crippen MR) is 121 cm³/mol. The number of nitrogens with zero attached hydrogens (tertiary/aromatic N) is 4. The third-order valence-electron chi connectivity index (χ3n) is 7.15. The molecule has 4 aliphatic heterocycles. The van der Waals surface area contributed by atoms with E-state index >= 15 is 0 Å². The number of ether oxygens (including phenoxy) is 3. The maximum Gasteiger partial charge on any atom is 0.276 e. The van der Waals surface area contributed by atoms with E-state index in [2.05, 4.69) is 20.4 Å². The molecule has 0 aliphatic carbocycles. The molecular formula is C24H28FN5O4. The number of carbonyl (C=O) groups excluding carboxylic acids is 1. The molecule has 2 aromatic rings. The van der Waals surface area contributed by atoms with Crippen molar-refractivity contribution >= 4 is 11.6 Å². The van der Waals surface area contributed by atoms with Gasteiger partial charge in [-0.2, -0.15) is 5.10 Å². The Morgan fingerprint density at radius 1 is 1.03 bits per heavy atom. The highest BCUT2D eigenvalue weighted by molar-refractivity contribution is 5.99. The lowest BCUT2D eigenvalue weighted by molar-refractivity contribution is -0.121. The topological polar surface area (TPSA) is 89.1 Å². The van der Waals surface area contributed by atoms with Crippen molar-refractivity contribution in [2.75, 3.05) is 50.9 Å². The number of anilines is 1. The SMILES string of the molecule is O=C1COc2ccc(F)c3c2N1CCC3CN1CCC(NCc2cc3c(nn2)OCCO3)CC1. The molecule has 1 saturated heterocycles. The van der Waals surface area contributed by atoms with Crippen molar-refractivity contribution in [3.05, 3.63) is 35.3 Å². The summed E-state index contributed by atoms with van der Waals surface area (Å²) < 4.78 is 31.5. The van der Waals surface area contributed by atoms with Crippen LogP contribution in [0.15, 0.2) is 18.2 Å². The molecule has 1 amide bonds. The van der Waals surface area contributed by atoms with E-state index in [0.29, 0.717) is 61.0 Å². The van der Waals surface area contributed by atoms with Crippen molar-refractivity contribution in [3.63, 3.8) is 0 Å². The van der Waals surface area contributed by atoms with Gasteiger partial charge in [-0.25, -0.2) is 4.39 Å². The largest absolute Gasteiger partial charge is 0.484 e. The molecular weight excluding hydrogens is 441 g/mol. The standard InChI is InChI=1S/C24H28FN5O4/c25-18-1-2-19-23-22(18)15(3-8-30(23)21(31)14-34-19)13-29-6-4-16(5-7-29)26-12-17-11-20-24(28-27-17)33-10-9-32-20/h1-2,11,15-16,26H,3-10,12-14H2. The van der Waals surface area contributed by atoms with Crippen LogP contribution in [0, 0.1) is 5.82 Å². The number of benzene rings is 1. The van der Waals surface area contributed by atoms with Crippen molar-refractivity contribution in [2.24, 2.45) is 0 Å². The van der Waals surface area contributed by atoms with Gasteiger partial charge in [0.2, 0.25) is 0 Å². The fourth-order valence-corrected chi connectivity index (χ4v) is 5.40. The summed E-state index contributed by atoms with van der Waals surface area (Å²) >= 11 is 0. The number of amides is 1. The number of piperidine rings is 1. The highest BCUT2D eigenvalue weighted by Crippen LogP contribution is 2.45. The van der Waals surface area contributed by atoms with Gasteiger partial charge in [0, 0.05) is 43.2 Å². The van der Waals surface area contributed by atoms with Gasteiger partial charge in [-0.1, -0.05) is 0 Å². The summed E-state index contributed by atoms with van der Waals surface area (Å²) in [4.78, 5) is 16.4. The second-order valence-corrected chi connectivity index (χ2v) is 9.29. The third kappa shape index (κ3) is 4.05. The molecule has 0 bridgehead atoms. The van der Waals surface area contributed by atoms with E-state index in [-0.39, 0.29) is 24.2 Å². The average molecular weight is 470 g/mol. The monoisotopic (exact) mass is 469 g/mol. The Kier molecular flexibility index (Phi) is 5.70. The van der Waals surface area contributed by atoms with Crippen molar-refractivity contribution in [3.8, 4) is 17.4 Å². The fraction of sp³-hybridized carbons (Fsp3) is 0.542. The second-order valence-electron chi connectivity index (χ2n) is 9.29.